The molecule has 0 spiro atoms. The first-order valence-electron chi connectivity index (χ1n) is 5.43. The number of thiophene rings is 1. The maximum Gasteiger partial charge on any atom is 0.216 e. The minimum Gasteiger partial charge on any atom is -0.384 e. The summed E-state index contributed by atoms with van der Waals surface area (Å²) in [7, 11) is -3.35. The maximum atomic E-state index is 11.9. The van der Waals surface area contributed by atoms with Crippen molar-refractivity contribution in [3.8, 4) is 11.8 Å². The third kappa shape index (κ3) is 3.82. The summed E-state index contributed by atoms with van der Waals surface area (Å²) in [5.41, 5.74) is 0.755. The van der Waals surface area contributed by atoms with Gasteiger partial charge in [-0.15, -0.1) is 11.3 Å². The summed E-state index contributed by atoms with van der Waals surface area (Å²) in [4.78, 5) is 0.851. The number of rotatable bonds is 3. The van der Waals surface area contributed by atoms with Crippen molar-refractivity contribution in [3.05, 3.63) is 21.9 Å². The lowest BCUT2D eigenvalue weighted by Crippen LogP contribution is -2.38. The van der Waals surface area contributed by atoms with E-state index in [0.717, 1.165) is 10.4 Å². The summed E-state index contributed by atoms with van der Waals surface area (Å²) >= 11 is 1.44. The number of nitrogens with one attached hydrogen (secondary N) is 1. The molecule has 100 valence electrons. The molecule has 0 radical (unpaired) electrons. The molecule has 18 heavy (non-hydrogen) atoms. The van der Waals surface area contributed by atoms with Crippen molar-refractivity contribution < 1.29 is 13.5 Å². The SMILES string of the molecule is CC(C)(C)S(=O)(=O)NCc1sccc1C#CCO. The summed E-state index contributed by atoms with van der Waals surface area (Å²) in [5, 5.41) is 10.5. The topological polar surface area (TPSA) is 66.4 Å². The van der Waals surface area contributed by atoms with Gasteiger partial charge in [0, 0.05) is 17.0 Å². The van der Waals surface area contributed by atoms with Crippen LogP contribution >= 0.6 is 11.3 Å². The molecular weight excluding hydrogens is 270 g/mol. The molecule has 4 nitrogen and oxygen atoms in total. The van der Waals surface area contributed by atoms with E-state index in [1.54, 1.807) is 20.8 Å². The number of hydrogen-bond acceptors (Lipinski definition) is 4. The Bertz CT molecular complexity index is 556. The average Bonchev–Trinajstić information content (AvgIpc) is 2.69. The summed E-state index contributed by atoms with van der Waals surface area (Å²) in [6.45, 7) is 4.97. The van der Waals surface area contributed by atoms with E-state index in [1.807, 2.05) is 11.4 Å². The molecule has 1 aromatic heterocycles. The Morgan fingerprint density at radius 2 is 2.11 bits per heavy atom. The van der Waals surface area contributed by atoms with Crippen LogP contribution in [-0.4, -0.2) is 24.9 Å². The standard InChI is InChI=1S/C12H17NO3S2/c1-12(2,3)18(15,16)13-9-11-10(5-4-7-14)6-8-17-11/h6,8,13-14H,7,9H2,1-3H3. The zero-order valence-electron chi connectivity index (χ0n) is 10.6. The van der Waals surface area contributed by atoms with Crippen molar-refractivity contribution in [3.63, 3.8) is 0 Å². The van der Waals surface area contributed by atoms with Gasteiger partial charge >= 0.3 is 0 Å². The second kappa shape index (κ2) is 5.85. The molecule has 0 saturated carbocycles. The molecule has 0 fully saturated rings. The predicted octanol–water partition coefficient (Wildman–Crippen LogP) is 1.31. The molecule has 2 N–H and O–H groups in total. The lowest BCUT2D eigenvalue weighted by Gasteiger charge is -2.19. The van der Waals surface area contributed by atoms with Crippen LogP contribution in [0.2, 0.25) is 0 Å². The molecule has 1 rings (SSSR count). The van der Waals surface area contributed by atoms with Crippen molar-refractivity contribution in [1.82, 2.24) is 4.72 Å². The van der Waals surface area contributed by atoms with Crippen molar-refractivity contribution in [2.75, 3.05) is 6.61 Å². The molecule has 6 heteroatoms. The highest BCUT2D eigenvalue weighted by Crippen LogP contribution is 2.18. The third-order valence-electron chi connectivity index (χ3n) is 2.28. The predicted molar refractivity (Wildman–Crippen MR) is 73.8 cm³/mol. The van der Waals surface area contributed by atoms with Crippen LogP contribution in [0.15, 0.2) is 11.4 Å². The van der Waals surface area contributed by atoms with E-state index in [2.05, 4.69) is 16.6 Å². The van der Waals surface area contributed by atoms with Crippen molar-refractivity contribution in [2.24, 2.45) is 0 Å². The Hall–Kier alpha value is -0.870. The number of hydrogen-bond donors (Lipinski definition) is 2. The minimum atomic E-state index is -3.35. The van der Waals surface area contributed by atoms with Crippen LogP contribution in [-0.2, 0) is 16.6 Å². The minimum absolute atomic E-state index is 0.205. The van der Waals surface area contributed by atoms with Crippen molar-refractivity contribution >= 4 is 21.4 Å². The second-order valence-electron chi connectivity index (χ2n) is 4.65. The first-order chi connectivity index (χ1) is 8.28. The van der Waals surface area contributed by atoms with Gasteiger partial charge < -0.3 is 5.11 Å². The maximum absolute atomic E-state index is 11.9. The summed E-state index contributed by atoms with van der Waals surface area (Å²) in [6, 6.07) is 1.81. The highest BCUT2D eigenvalue weighted by Gasteiger charge is 2.28. The number of aliphatic hydroxyl groups is 1. The van der Waals surface area contributed by atoms with Gasteiger partial charge in [-0.05, 0) is 32.2 Å². The molecule has 0 aromatic carbocycles. The van der Waals surface area contributed by atoms with Crippen molar-refractivity contribution in [1.29, 1.82) is 0 Å². The lowest BCUT2D eigenvalue weighted by molar-refractivity contribution is 0.350. The monoisotopic (exact) mass is 287 g/mol. The molecule has 1 heterocycles. The Morgan fingerprint density at radius 1 is 1.44 bits per heavy atom. The second-order valence-corrected chi connectivity index (χ2v) is 8.18. The first-order valence-corrected chi connectivity index (χ1v) is 7.79. The third-order valence-corrected chi connectivity index (χ3v) is 5.33. The van der Waals surface area contributed by atoms with Gasteiger partial charge in [-0.3, -0.25) is 0 Å². The van der Waals surface area contributed by atoms with Gasteiger partial charge in [0.25, 0.3) is 0 Å². The van der Waals surface area contributed by atoms with Gasteiger partial charge in [0.05, 0.1) is 4.75 Å². The Balaban J connectivity index is 2.80. The van der Waals surface area contributed by atoms with Gasteiger partial charge in [-0.2, -0.15) is 0 Å². The van der Waals surface area contributed by atoms with E-state index >= 15 is 0 Å². The van der Waals surface area contributed by atoms with Crippen LogP contribution in [0.3, 0.4) is 0 Å². The molecule has 0 aliphatic rings. The molecule has 0 saturated heterocycles. The van der Waals surface area contributed by atoms with Crippen LogP contribution in [0.5, 0.6) is 0 Å². The van der Waals surface area contributed by atoms with Crippen LogP contribution in [0.25, 0.3) is 0 Å². The summed E-state index contributed by atoms with van der Waals surface area (Å²) in [6.07, 6.45) is 0. The first kappa shape index (κ1) is 15.2. The molecule has 0 unspecified atom stereocenters. The van der Waals surface area contributed by atoms with E-state index in [0.29, 0.717) is 0 Å². The summed E-state index contributed by atoms with van der Waals surface area (Å²) in [5.74, 6) is 5.35. The fraction of sp³-hybridized carbons (Fsp3) is 0.500. The van der Waals surface area contributed by atoms with Gasteiger partial charge in [0.1, 0.15) is 6.61 Å². The van der Waals surface area contributed by atoms with Gasteiger partial charge in [-0.1, -0.05) is 11.8 Å². The van der Waals surface area contributed by atoms with Crippen LogP contribution in [0.4, 0.5) is 0 Å². The van der Waals surface area contributed by atoms with Crippen molar-refractivity contribution in [2.45, 2.75) is 32.1 Å². The van der Waals surface area contributed by atoms with Crippen LogP contribution < -0.4 is 4.72 Å². The van der Waals surface area contributed by atoms with Gasteiger partial charge in [-0.25, -0.2) is 13.1 Å². The molecule has 0 bridgehead atoms. The fourth-order valence-corrected chi connectivity index (χ4v) is 2.73. The normalized spacial score (nSPS) is 12.0. The van der Waals surface area contributed by atoms with Gasteiger partial charge in [0.15, 0.2) is 0 Å². The molecular formula is C12H17NO3S2. The van der Waals surface area contributed by atoms with E-state index in [4.69, 9.17) is 5.11 Å². The quantitative estimate of drug-likeness (QED) is 0.824. The summed E-state index contributed by atoms with van der Waals surface area (Å²) < 4.78 is 25.5. The number of aliphatic hydroxyl groups excluding tert-OH is 1. The lowest BCUT2D eigenvalue weighted by atomic mass is 10.2. The smallest absolute Gasteiger partial charge is 0.216 e. The van der Waals surface area contributed by atoms with Crippen LogP contribution in [0.1, 0.15) is 31.2 Å². The Morgan fingerprint density at radius 3 is 2.67 bits per heavy atom. The van der Waals surface area contributed by atoms with E-state index in [1.165, 1.54) is 11.3 Å². The Kier molecular flexibility index (Phi) is 4.93. The van der Waals surface area contributed by atoms with E-state index < -0.39 is 14.8 Å². The van der Waals surface area contributed by atoms with Crippen LogP contribution in [0, 0.1) is 11.8 Å². The highest BCUT2D eigenvalue weighted by molar-refractivity contribution is 7.90. The zero-order chi connectivity index (χ0) is 13.8. The molecule has 0 amide bonds. The number of sulfonamides is 1. The molecule has 0 aliphatic heterocycles. The van der Waals surface area contributed by atoms with Gasteiger partial charge in [0.2, 0.25) is 10.0 Å². The highest BCUT2D eigenvalue weighted by atomic mass is 32.2. The largest absolute Gasteiger partial charge is 0.384 e. The van der Waals surface area contributed by atoms with E-state index in [-0.39, 0.29) is 13.2 Å². The van der Waals surface area contributed by atoms with E-state index in [9.17, 15) is 8.42 Å². The Labute approximate surface area is 112 Å². The molecule has 0 atom stereocenters. The molecule has 1 aromatic rings. The molecule has 0 aliphatic carbocycles. The zero-order valence-corrected chi connectivity index (χ0v) is 12.3. The average molecular weight is 287 g/mol. The fourth-order valence-electron chi connectivity index (χ4n) is 1.10.